The van der Waals surface area contributed by atoms with E-state index in [1.165, 1.54) is 0 Å². The number of rotatable bonds is 5. The summed E-state index contributed by atoms with van der Waals surface area (Å²) in [5.41, 5.74) is 0. The SMILES string of the molecule is [CH2]C=CCC(=O)OCCCC. The summed E-state index contributed by atoms with van der Waals surface area (Å²) in [5.74, 6) is -0.168. The monoisotopic (exact) mass is 155 g/mol. The lowest BCUT2D eigenvalue weighted by molar-refractivity contribution is -0.142. The van der Waals surface area contributed by atoms with E-state index in [1.54, 1.807) is 12.2 Å². The first-order chi connectivity index (χ1) is 5.31. The fourth-order valence-electron chi connectivity index (χ4n) is 0.569. The molecule has 0 aromatic rings. The van der Waals surface area contributed by atoms with Crippen LogP contribution in [0, 0.1) is 6.92 Å². The van der Waals surface area contributed by atoms with Gasteiger partial charge in [0.1, 0.15) is 0 Å². The number of carbonyl (C=O) groups is 1. The molecule has 0 aromatic carbocycles. The molecule has 0 bridgehead atoms. The van der Waals surface area contributed by atoms with Gasteiger partial charge >= 0.3 is 5.97 Å². The summed E-state index contributed by atoms with van der Waals surface area (Å²) in [6, 6.07) is 0. The largest absolute Gasteiger partial charge is 0.465 e. The van der Waals surface area contributed by atoms with Gasteiger partial charge in [-0.25, -0.2) is 0 Å². The third-order valence-electron chi connectivity index (χ3n) is 1.21. The van der Waals surface area contributed by atoms with Crippen LogP contribution in [0.4, 0.5) is 0 Å². The van der Waals surface area contributed by atoms with Gasteiger partial charge in [-0.1, -0.05) is 25.5 Å². The second kappa shape index (κ2) is 7.32. The number of carbonyl (C=O) groups excluding carboxylic acids is 1. The Hall–Kier alpha value is -0.790. The fourth-order valence-corrected chi connectivity index (χ4v) is 0.569. The molecule has 0 amide bonds. The molecular weight excluding hydrogens is 140 g/mol. The van der Waals surface area contributed by atoms with Gasteiger partial charge in [-0.3, -0.25) is 4.79 Å². The van der Waals surface area contributed by atoms with E-state index in [-0.39, 0.29) is 5.97 Å². The molecule has 0 saturated carbocycles. The van der Waals surface area contributed by atoms with Gasteiger partial charge in [0.15, 0.2) is 0 Å². The number of hydrogen-bond donors (Lipinski definition) is 0. The van der Waals surface area contributed by atoms with Crippen molar-refractivity contribution >= 4 is 5.97 Å². The highest BCUT2D eigenvalue weighted by atomic mass is 16.5. The van der Waals surface area contributed by atoms with E-state index in [2.05, 4.69) is 13.8 Å². The van der Waals surface area contributed by atoms with Crippen molar-refractivity contribution in [2.45, 2.75) is 26.2 Å². The van der Waals surface area contributed by atoms with Gasteiger partial charge in [0.25, 0.3) is 0 Å². The quantitative estimate of drug-likeness (QED) is 0.449. The van der Waals surface area contributed by atoms with Crippen LogP contribution in [0.25, 0.3) is 0 Å². The Labute approximate surface area is 68.2 Å². The Bertz CT molecular complexity index is 128. The second-order valence-electron chi connectivity index (χ2n) is 2.25. The van der Waals surface area contributed by atoms with Gasteiger partial charge in [0.2, 0.25) is 0 Å². The molecule has 2 nitrogen and oxygen atoms in total. The molecule has 0 spiro atoms. The molecule has 0 heterocycles. The molecule has 0 rings (SSSR count). The van der Waals surface area contributed by atoms with E-state index in [0.717, 1.165) is 12.8 Å². The number of allylic oxidation sites excluding steroid dienone is 1. The topological polar surface area (TPSA) is 26.3 Å². The van der Waals surface area contributed by atoms with E-state index >= 15 is 0 Å². The molecule has 0 atom stereocenters. The van der Waals surface area contributed by atoms with Crippen LogP contribution in [0.2, 0.25) is 0 Å². The molecular formula is C9H15O2. The van der Waals surface area contributed by atoms with Crippen LogP contribution in [0.5, 0.6) is 0 Å². The third kappa shape index (κ3) is 7.10. The second-order valence-corrected chi connectivity index (χ2v) is 2.25. The van der Waals surface area contributed by atoms with Crippen LogP contribution < -0.4 is 0 Å². The Kier molecular flexibility index (Phi) is 6.79. The zero-order valence-corrected chi connectivity index (χ0v) is 7.01. The maximum Gasteiger partial charge on any atom is 0.309 e. The molecule has 0 aliphatic carbocycles. The van der Waals surface area contributed by atoms with Gasteiger partial charge in [-0.15, -0.1) is 0 Å². The zero-order chi connectivity index (χ0) is 8.53. The highest BCUT2D eigenvalue weighted by Crippen LogP contribution is 1.92. The molecule has 0 aromatic heterocycles. The van der Waals surface area contributed by atoms with E-state index in [1.807, 2.05) is 0 Å². The summed E-state index contributed by atoms with van der Waals surface area (Å²) in [6.07, 6.45) is 5.63. The van der Waals surface area contributed by atoms with Crippen molar-refractivity contribution in [2.24, 2.45) is 0 Å². The molecule has 11 heavy (non-hydrogen) atoms. The lowest BCUT2D eigenvalue weighted by Crippen LogP contribution is -2.03. The van der Waals surface area contributed by atoms with Crippen molar-refractivity contribution in [3.63, 3.8) is 0 Å². The predicted molar refractivity (Wildman–Crippen MR) is 45.0 cm³/mol. The van der Waals surface area contributed by atoms with Crippen LogP contribution in [0.15, 0.2) is 12.2 Å². The molecule has 1 radical (unpaired) electrons. The van der Waals surface area contributed by atoms with Gasteiger partial charge in [0.05, 0.1) is 13.0 Å². The molecule has 63 valence electrons. The van der Waals surface area contributed by atoms with Gasteiger partial charge in [0, 0.05) is 0 Å². The van der Waals surface area contributed by atoms with Crippen LogP contribution in [-0.2, 0) is 9.53 Å². The molecule has 0 unspecified atom stereocenters. The first kappa shape index (κ1) is 10.2. The maximum absolute atomic E-state index is 10.8. The summed E-state index contributed by atoms with van der Waals surface area (Å²) in [4.78, 5) is 10.8. The maximum atomic E-state index is 10.8. The summed E-state index contributed by atoms with van der Waals surface area (Å²) in [5, 5.41) is 0. The van der Waals surface area contributed by atoms with Crippen molar-refractivity contribution in [3.8, 4) is 0 Å². The first-order valence-electron chi connectivity index (χ1n) is 3.91. The lowest BCUT2D eigenvalue weighted by atomic mass is 10.3. The van der Waals surface area contributed by atoms with Gasteiger partial charge in [-0.2, -0.15) is 0 Å². The highest BCUT2D eigenvalue weighted by molar-refractivity contribution is 5.71. The van der Waals surface area contributed by atoms with E-state index in [0.29, 0.717) is 13.0 Å². The van der Waals surface area contributed by atoms with E-state index < -0.39 is 0 Å². The molecule has 0 N–H and O–H groups in total. The smallest absolute Gasteiger partial charge is 0.309 e. The average molecular weight is 155 g/mol. The standard InChI is InChI=1S/C9H15O2/c1-3-5-7-9(10)11-8-6-4-2/h3,5H,1,4,6-8H2,2H3. The molecule has 0 aliphatic heterocycles. The Balaban J connectivity index is 3.23. The summed E-state index contributed by atoms with van der Waals surface area (Å²) >= 11 is 0. The number of unbranched alkanes of at least 4 members (excludes halogenated alkanes) is 1. The predicted octanol–water partition coefficient (Wildman–Crippen LogP) is 2.11. The number of hydrogen-bond acceptors (Lipinski definition) is 2. The summed E-state index contributed by atoms with van der Waals surface area (Å²) in [6.45, 7) is 6.07. The van der Waals surface area contributed by atoms with Crippen molar-refractivity contribution < 1.29 is 9.53 Å². The minimum Gasteiger partial charge on any atom is -0.465 e. The molecule has 0 aliphatic rings. The fraction of sp³-hybridized carbons (Fsp3) is 0.556. The normalized spacial score (nSPS) is 10.4. The minimum atomic E-state index is -0.168. The zero-order valence-electron chi connectivity index (χ0n) is 7.01. The molecule has 2 heteroatoms. The number of esters is 1. The summed E-state index contributed by atoms with van der Waals surface area (Å²) < 4.78 is 4.87. The van der Waals surface area contributed by atoms with Crippen LogP contribution in [-0.4, -0.2) is 12.6 Å². The van der Waals surface area contributed by atoms with Crippen LogP contribution >= 0.6 is 0 Å². The number of ether oxygens (including phenoxy) is 1. The Morgan fingerprint density at radius 3 is 2.91 bits per heavy atom. The average Bonchev–Trinajstić information content (AvgIpc) is 2.01. The van der Waals surface area contributed by atoms with Crippen molar-refractivity contribution in [3.05, 3.63) is 19.1 Å². The molecule has 0 fully saturated rings. The van der Waals surface area contributed by atoms with Crippen LogP contribution in [0.3, 0.4) is 0 Å². The van der Waals surface area contributed by atoms with Crippen molar-refractivity contribution in [1.29, 1.82) is 0 Å². The van der Waals surface area contributed by atoms with Crippen molar-refractivity contribution in [2.75, 3.05) is 6.61 Å². The minimum absolute atomic E-state index is 0.168. The van der Waals surface area contributed by atoms with Crippen LogP contribution in [0.1, 0.15) is 26.2 Å². The Morgan fingerprint density at radius 1 is 1.64 bits per heavy atom. The van der Waals surface area contributed by atoms with Gasteiger partial charge < -0.3 is 4.74 Å². The third-order valence-corrected chi connectivity index (χ3v) is 1.21. The Morgan fingerprint density at radius 2 is 2.36 bits per heavy atom. The molecule has 0 saturated heterocycles. The van der Waals surface area contributed by atoms with E-state index in [4.69, 9.17) is 4.74 Å². The lowest BCUT2D eigenvalue weighted by Gasteiger charge is -1.99. The first-order valence-corrected chi connectivity index (χ1v) is 3.91. The summed E-state index contributed by atoms with van der Waals surface area (Å²) in [7, 11) is 0. The highest BCUT2D eigenvalue weighted by Gasteiger charge is 1.96. The van der Waals surface area contributed by atoms with Crippen molar-refractivity contribution in [1.82, 2.24) is 0 Å². The van der Waals surface area contributed by atoms with Gasteiger partial charge in [-0.05, 0) is 13.3 Å². The van der Waals surface area contributed by atoms with E-state index in [9.17, 15) is 4.79 Å².